The maximum Gasteiger partial charge on any atom is 0.243 e. The van der Waals surface area contributed by atoms with Gasteiger partial charge in [0, 0.05) is 31.9 Å². The van der Waals surface area contributed by atoms with Crippen molar-refractivity contribution in [2.45, 2.75) is 18.7 Å². The third kappa shape index (κ3) is 4.97. The number of nitrogens with one attached hydrogen (secondary N) is 1. The molecule has 9 nitrogen and oxygen atoms in total. The van der Waals surface area contributed by atoms with Crippen molar-refractivity contribution in [2.75, 3.05) is 43.0 Å². The summed E-state index contributed by atoms with van der Waals surface area (Å²) >= 11 is 0. The van der Waals surface area contributed by atoms with Crippen LogP contribution < -0.4 is 15.0 Å². The molecule has 0 unspecified atom stereocenters. The lowest BCUT2D eigenvalue weighted by molar-refractivity contribution is 0.340. The molecule has 0 radical (unpaired) electrons. The summed E-state index contributed by atoms with van der Waals surface area (Å²) in [5, 5.41) is 11.7. The molecule has 1 aliphatic rings. The van der Waals surface area contributed by atoms with Crippen LogP contribution in [0, 0.1) is 6.92 Å². The topological polar surface area (TPSA) is 101 Å². The van der Waals surface area contributed by atoms with Crippen molar-refractivity contribution in [2.24, 2.45) is 0 Å². The molecular weight excluding hydrogens is 428 g/mol. The van der Waals surface area contributed by atoms with Crippen LogP contribution in [-0.4, -0.2) is 60.7 Å². The molecule has 1 saturated heterocycles. The molecule has 2 aromatic heterocycles. The molecule has 168 valence electrons. The van der Waals surface area contributed by atoms with E-state index in [0.29, 0.717) is 56.0 Å². The maximum absolute atomic E-state index is 13.0. The van der Waals surface area contributed by atoms with Gasteiger partial charge in [0.15, 0.2) is 11.6 Å². The number of sulfonamides is 1. The first-order chi connectivity index (χ1) is 15.5. The zero-order chi connectivity index (χ0) is 22.6. The minimum atomic E-state index is -3.55. The average Bonchev–Trinajstić information content (AvgIpc) is 2.80. The number of ether oxygens (including phenoxy) is 1. The van der Waals surface area contributed by atoms with Gasteiger partial charge in [0.05, 0.1) is 11.5 Å². The van der Waals surface area contributed by atoms with Crippen molar-refractivity contribution in [1.29, 1.82) is 0 Å². The van der Waals surface area contributed by atoms with Crippen LogP contribution in [-0.2, 0) is 10.0 Å². The van der Waals surface area contributed by atoms with E-state index in [1.54, 1.807) is 24.3 Å². The Hall–Kier alpha value is -3.24. The van der Waals surface area contributed by atoms with E-state index < -0.39 is 10.0 Å². The summed E-state index contributed by atoms with van der Waals surface area (Å²) in [6.45, 7) is 6.19. The smallest absolute Gasteiger partial charge is 0.243 e. The van der Waals surface area contributed by atoms with Crippen LogP contribution in [0.25, 0.3) is 0 Å². The lowest BCUT2D eigenvalue weighted by Gasteiger charge is -2.34. The van der Waals surface area contributed by atoms with Gasteiger partial charge < -0.3 is 15.0 Å². The lowest BCUT2D eigenvalue weighted by atomic mass is 10.3. The van der Waals surface area contributed by atoms with E-state index in [1.165, 1.54) is 4.31 Å². The summed E-state index contributed by atoms with van der Waals surface area (Å²) in [6.07, 6.45) is 0. The van der Waals surface area contributed by atoms with Crippen LogP contribution in [0.4, 0.5) is 17.5 Å². The summed E-state index contributed by atoms with van der Waals surface area (Å²) in [4.78, 5) is 6.70. The largest absolute Gasteiger partial charge is 0.494 e. The number of pyridine rings is 1. The van der Waals surface area contributed by atoms with Crippen molar-refractivity contribution in [3.05, 3.63) is 60.3 Å². The van der Waals surface area contributed by atoms with Crippen LogP contribution >= 0.6 is 0 Å². The van der Waals surface area contributed by atoms with Gasteiger partial charge in [-0.2, -0.15) is 4.31 Å². The number of anilines is 3. The maximum atomic E-state index is 13.0. The molecule has 1 aliphatic heterocycles. The normalized spacial score (nSPS) is 14.9. The van der Waals surface area contributed by atoms with E-state index in [4.69, 9.17) is 4.74 Å². The van der Waals surface area contributed by atoms with Crippen molar-refractivity contribution in [3.8, 4) is 5.75 Å². The minimum Gasteiger partial charge on any atom is -0.494 e. The number of hydrogen-bond donors (Lipinski definition) is 1. The molecule has 4 rings (SSSR count). The Bertz CT molecular complexity index is 1150. The first-order valence-corrected chi connectivity index (χ1v) is 11.9. The Morgan fingerprint density at radius 3 is 2.31 bits per heavy atom. The van der Waals surface area contributed by atoms with Crippen molar-refractivity contribution < 1.29 is 13.2 Å². The highest BCUT2D eigenvalue weighted by Crippen LogP contribution is 2.22. The molecule has 0 saturated carbocycles. The molecule has 0 aliphatic carbocycles. The van der Waals surface area contributed by atoms with Gasteiger partial charge >= 0.3 is 0 Å². The number of nitrogens with zero attached hydrogens (tertiary/aromatic N) is 5. The van der Waals surface area contributed by atoms with E-state index in [0.717, 1.165) is 5.69 Å². The highest BCUT2D eigenvalue weighted by molar-refractivity contribution is 7.89. The zero-order valence-electron chi connectivity index (χ0n) is 18.1. The van der Waals surface area contributed by atoms with Gasteiger partial charge in [-0.15, -0.1) is 10.2 Å². The molecule has 32 heavy (non-hydrogen) atoms. The zero-order valence-corrected chi connectivity index (χ0v) is 18.9. The molecule has 3 aromatic rings. The fourth-order valence-corrected chi connectivity index (χ4v) is 4.91. The van der Waals surface area contributed by atoms with Crippen molar-refractivity contribution >= 4 is 27.5 Å². The lowest BCUT2D eigenvalue weighted by Crippen LogP contribution is -2.48. The fraction of sp³-hybridized carbons (Fsp3) is 0.318. The quantitative estimate of drug-likeness (QED) is 0.582. The van der Waals surface area contributed by atoms with Crippen molar-refractivity contribution in [1.82, 2.24) is 19.5 Å². The molecular formula is C22H26N6O3S. The molecule has 0 bridgehead atoms. The van der Waals surface area contributed by atoms with Gasteiger partial charge in [-0.3, -0.25) is 0 Å². The molecule has 1 fully saturated rings. The molecule has 0 amide bonds. The van der Waals surface area contributed by atoms with Gasteiger partial charge in [0.2, 0.25) is 10.0 Å². The van der Waals surface area contributed by atoms with E-state index in [2.05, 4.69) is 20.5 Å². The van der Waals surface area contributed by atoms with Gasteiger partial charge in [0.25, 0.3) is 0 Å². The number of hydrogen-bond acceptors (Lipinski definition) is 8. The van der Waals surface area contributed by atoms with E-state index >= 15 is 0 Å². The number of aromatic nitrogens is 3. The standard InChI is InChI=1S/C22H26N6O3S/c1-3-31-18-7-9-19(10-8-18)32(29,30)28-15-13-27(14-16-28)22-12-11-21(25-26-22)24-20-6-4-5-17(2)23-20/h4-12H,3,13-16H2,1-2H3,(H,23,24,25). The average molecular weight is 455 g/mol. The van der Waals surface area contributed by atoms with Crippen LogP contribution in [0.2, 0.25) is 0 Å². The molecule has 0 spiro atoms. The molecule has 10 heteroatoms. The number of benzene rings is 1. The number of aryl methyl sites for hydroxylation is 1. The molecule has 1 N–H and O–H groups in total. The first kappa shape index (κ1) is 22.0. The van der Waals surface area contributed by atoms with Crippen LogP contribution in [0.3, 0.4) is 0 Å². The Kier molecular flexibility index (Phi) is 6.52. The number of piperazine rings is 1. The Morgan fingerprint density at radius 2 is 1.69 bits per heavy atom. The predicted molar refractivity (Wildman–Crippen MR) is 123 cm³/mol. The summed E-state index contributed by atoms with van der Waals surface area (Å²) in [5.74, 6) is 2.68. The number of rotatable bonds is 7. The SMILES string of the molecule is CCOc1ccc(S(=O)(=O)N2CCN(c3ccc(Nc4cccc(C)n4)nn3)CC2)cc1. The second-order valence-electron chi connectivity index (χ2n) is 7.36. The summed E-state index contributed by atoms with van der Waals surface area (Å²) in [5.41, 5.74) is 0.914. The highest BCUT2D eigenvalue weighted by atomic mass is 32.2. The minimum absolute atomic E-state index is 0.273. The van der Waals surface area contributed by atoms with E-state index in [1.807, 2.05) is 49.1 Å². The second-order valence-corrected chi connectivity index (χ2v) is 9.30. The third-order valence-electron chi connectivity index (χ3n) is 5.13. The fourth-order valence-electron chi connectivity index (χ4n) is 3.49. The van der Waals surface area contributed by atoms with Crippen molar-refractivity contribution in [3.63, 3.8) is 0 Å². The van der Waals surface area contributed by atoms with Gasteiger partial charge in [0.1, 0.15) is 11.6 Å². The monoisotopic (exact) mass is 454 g/mol. The predicted octanol–water partition coefficient (Wildman–Crippen LogP) is 2.83. The Labute approximate surface area is 188 Å². The first-order valence-electron chi connectivity index (χ1n) is 10.5. The van der Waals surface area contributed by atoms with E-state index in [-0.39, 0.29) is 4.90 Å². The van der Waals surface area contributed by atoms with Crippen LogP contribution in [0.15, 0.2) is 59.5 Å². The summed E-state index contributed by atoms with van der Waals surface area (Å²) in [7, 11) is -3.55. The highest BCUT2D eigenvalue weighted by Gasteiger charge is 2.29. The molecule has 3 heterocycles. The third-order valence-corrected chi connectivity index (χ3v) is 7.04. The van der Waals surface area contributed by atoms with Gasteiger partial charge in [-0.1, -0.05) is 6.07 Å². The second kappa shape index (κ2) is 9.49. The van der Waals surface area contributed by atoms with Gasteiger partial charge in [-0.05, 0) is 62.4 Å². The molecule has 1 aromatic carbocycles. The van der Waals surface area contributed by atoms with Crippen LogP contribution in [0.5, 0.6) is 5.75 Å². The van der Waals surface area contributed by atoms with Gasteiger partial charge in [-0.25, -0.2) is 13.4 Å². The summed E-state index contributed by atoms with van der Waals surface area (Å²) < 4.78 is 32.8. The van der Waals surface area contributed by atoms with Crippen LogP contribution in [0.1, 0.15) is 12.6 Å². The Balaban J connectivity index is 1.36. The van der Waals surface area contributed by atoms with E-state index in [9.17, 15) is 8.42 Å². The summed E-state index contributed by atoms with van der Waals surface area (Å²) in [6, 6.07) is 16.0. The molecule has 0 atom stereocenters. The Morgan fingerprint density at radius 1 is 0.938 bits per heavy atom.